The highest BCUT2D eigenvalue weighted by atomic mass is 32.2. The minimum atomic E-state index is -5.75. The second kappa shape index (κ2) is 4.58. The van der Waals surface area contributed by atoms with Crippen LogP contribution in [0.5, 0.6) is 0 Å². The van der Waals surface area contributed by atoms with Gasteiger partial charge in [0.1, 0.15) is 0 Å². The first kappa shape index (κ1) is 15.6. The molecular formula is C9H7F6NO2S. The molecule has 0 aliphatic carbocycles. The lowest BCUT2D eigenvalue weighted by Crippen LogP contribution is -2.30. The summed E-state index contributed by atoms with van der Waals surface area (Å²) < 4.78 is 96.1. The monoisotopic (exact) mass is 307 g/mol. The van der Waals surface area contributed by atoms with E-state index in [9.17, 15) is 34.8 Å². The summed E-state index contributed by atoms with van der Waals surface area (Å²) in [5, 5.41) is 0. The Morgan fingerprint density at radius 3 is 1.95 bits per heavy atom. The second-order valence-electron chi connectivity index (χ2n) is 3.64. The van der Waals surface area contributed by atoms with Crippen LogP contribution in [0.25, 0.3) is 0 Å². The molecule has 3 nitrogen and oxygen atoms in total. The van der Waals surface area contributed by atoms with Crippen LogP contribution in [0.1, 0.15) is 11.1 Å². The topological polar surface area (TPSA) is 46.2 Å². The molecule has 1 aromatic carbocycles. The number of benzene rings is 1. The molecule has 0 saturated carbocycles. The van der Waals surface area contributed by atoms with Crippen LogP contribution >= 0.6 is 0 Å². The molecule has 19 heavy (non-hydrogen) atoms. The molecule has 0 fully saturated rings. The van der Waals surface area contributed by atoms with Gasteiger partial charge in [0.2, 0.25) is 0 Å². The molecule has 1 rings (SSSR count). The summed E-state index contributed by atoms with van der Waals surface area (Å²) in [6.07, 6.45) is -4.79. The maximum atomic E-state index is 12.4. The minimum Gasteiger partial charge on any atom is -0.276 e. The Labute approximate surface area is 104 Å². The Hall–Kier alpha value is -1.45. The molecule has 10 heteroatoms. The van der Waals surface area contributed by atoms with Crippen molar-refractivity contribution in [2.75, 3.05) is 4.72 Å². The number of rotatable bonds is 2. The van der Waals surface area contributed by atoms with Crippen molar-refractivity contribution in [2.45, 2.75) is 18.6 Å². The van der Waals surface area contributed by atoms with Gasteiger partial charge in [-0.15, -0.1) is 0 Å². The van der Waals surface area contributed by atoms with Crippen molar-refractivity contribution >= 4 is 15.7 Å². The second-order valence-corrected chi connectivity index (χ2v) is 5.31. The van der Waals surface area contributed by atoms with Crippen molar-refractivity contribution in [3.63, 3.8) is 0 Å². The van der Waals surface area contributed by atoms with E-state index in [0.29, 0.717) is 6.07 Å². The van der Waals surface area contributed by atoms with E-state index in [2.05, 4.69) is 0 Å². The van der Waals surface area contributed by atoms with E-state index in [0.717, 1.165) is 10.8 Å². The van der Waals surface area contributed by atoms with Crippen LogP contribution in [-0.2, 0) is 16.2 Å². The van der Waals surface area contributed by atoms with E-state index < -0.39 is 33.0 Å². The van der Waals surface area contributed by atoms with Gasteiger partial charge >= 0.3 is 21.7 Å². The zero-order valence-electron chi connectivity index (χ0n) is 9.22. The molecule has 1 aromatic rings. The molecule has 0 saturated heterocycles. The van der Waals surface area contributed by atoms with Crippen LogP contribution in [0.4, 0.5) is 32.0 Å². The van der Waals surface area contributed by atoms with Gasteiger partial charge < -0.3 is 0 Å². The average Bonchev–Trinajstić information content (AvgIpc) is 2.12. The molecule has 0 spiro atoms. The van der Waals surface area contributed by atoms with E-state index >= 15 is 0 Å². The summed E-state index contributed by atoms with van der Waals surface area (Å²) in [5.41, 5.74) is -7.68. The quantitative estimate of drug-likeness (QED) is 0.852. The van der Waals surface area contributed by atoms with Gasteiger partial charge in [-0.2, -0.15) is 34.8 Å². The third-order valence-corrected chi connectivity index (χ3v) is 3.08. The highest BCUT2D eigenvalue weighted by molar-refractivity contribution is 7.93. The first-order valence-electron chi connectivity index (χ1n) is 4.61. The van der Waals surface area contributed by atoms with Gasteiger partial charge in [-0.3, -0.25) is 4.72 Å². The first-order chi connectivity index (χ1) is 8.33. The summed E-state index contributed by atoms with van der Waals surface area (Å²) in [6, 6.07) is 1.83. The van der Waals surface area contributed by atoms with Crippen molar-refractivity contribution in [3.8, 4) is 0 Å². The van der Waals surface area contributed by atoms with E-state index in [4.69, 9.17) is 0 Å². The van der Waals surface area contributed by atoms with Gasteiger partial charge in [-0.05, 0) is 30.7 Å². The number of sulfonamides is 1. The Bertz CT molecular complexity index is 575. The largest absolute Gasteiger partial charge is 0.516 e. The summed E-state index contributed by atoms with van der Waals surface area (Å²) >= 11 is 0. The van der Waals surface area contributed by atoms with E-state index in [1.165, 1.54) is 6.92 Å². The summed E-state index contributed by atoms with van der Waals surface area (Å²) in [5.74, 6) is 0. The Morgan fingerprint density at radius 1 is 1.00 bits per heavy atom. The van der Waals surface area contributed by atoms with E-state index in [1.807, 2.05) is 0 Å². The summed E-state index contributed by atoms with van der Waals surface area (Å²) in [7, 11) is -5.75. The molecule has 0 aliphatic heterocycles. The van der Waals surface area contributed by atoms with Gasteiger partial charge in [0, 0.05) is 5.69 Å². The number of anilines is 1. The van der Waals surface area contributed by atoms with Crippen LogP contribution in [-0.4, -0.2) is 13.9 Å². The normalized spacial score (nSPS) is 13.4. The van der Waals surface area contributed by atoms with Gasteiger partial charge in [0.25, 0.3) is 0 Å². The molecule has 0 bridgehead atoms. The number of halogens is 6. The number of alkyl halides is 6. The molecular weight excluding hydrogens is 300 g/mol. The highest BCUT2D eigenvalue weighted by Gasteiger charge is 2.46. The minimum absolute atomic E-state index is 0.0327. The van der Waals surface area contributed by atoms with Crippen LogP contribution in [0.15, 0.2) is 18.2 Å². The molecule has 0 unspecified atom stereocenters. The van der Waals surface area contributed by atoms with Crippen molar-refractivity contribution in [2.24, 2.45) is 0 Å². The fourth-order valence-corrected chi connectivity index (χ4v) is 1.76. The Balaban J connectivity index is 3.21. The van der Waals surface area contributed by atoms with Crippen LogP contribution in [0.2, 0.25) is 0 Å². The predicted octanol–water partition coefficient (Wildman–Crippen LogP) is 3.28. The number of aryl methyl sites for hydroxylation is 1. The fourth-order valence-electron chi connectivity index (χ4n) is 1.22. The van der Waals surface area contributed by atoms with Crippen LogP contribution < -0.4 is 4.72 Å². The molecule has 0 heterocycles. The van der Waals surface area contributed by atoms with Crippen molar-refractivity contribution in [1.29, 1.82) is 0 Å². The highest BCUT2D eigenvalue weighted by Crippen LogP contribution is 2.33. The third-order valence-electron chi connectivity index (χ3n) is 1.96. The lowest BCUT2D eigenvalue weighted by Gasteiger charge is -2.13. The molecule has 0 aromatic heterocycles. The summed E-state index contributed by atoms with van der Waals surface area (Å²) in [4.78, 5) is 0. The predicted molar refractivity (Wildman–Crippen MR) is 54.8 cm³/mol. The van der Waals surface area contributed by atoms with E-state index in [-0.39, 0.29) is 11.6 Å². The third kappa shape index (κ3) is 3.75. The Kier molecular flexibility index (Phi) is 3.76. The fraction of sp³-hybridized carbons (Fsp3) is 0.333. The molecule has 1 N–H and O–H groups in total. The van der Waals surface area contributed by atoms with Crippen molar-refractivity contribution < 1.29 is 34.8 Å². The molecule has 0 aliphatic rings. The Morgan fingerprint density at radius 2 is 1.53 bits per heavy atom. The van der Waals surface area contributed by atoms with Crippen molar-refractivity contribution in [3.05, 3.63) is 29.3 Å². The zero-order chi connectivity index (χ0) is 15.1. The number of hydrogen-bond donors (Lipinski definition) is 1. The SMILES string of the molecule is Cc1cc(NS(=O)(=O)C(F)(F)F)cc(C(F)(F)F)c1. The van der Waals surface area contributed by atoms with E-state index in [1.54, 1.807) is 0 Å². The summed E-state index contributed by atoms with van der Waals surface area (Å²) in [6.45, 7) is 1.20. The lowest BCUT2D eigenvalue weighted by molar-refractivity contribution is -0.137. The maximum absolute atomic E-state index is 12.4. The molecule has 0 amide bonds. The standard InChI is InChI=1S/C9H7F6NO2S/c1-5-2-6(8(10,11)12)4-7(3-5)16-19(17,18)9(13,14)15/h2-4,16H,1H3. The lowest BCUT2D eigenvalue weighted by atomic mass is 10.1. The average molecular weight is 307 g/mol. The van der Waals surface area contributed by atoms with Crippen LogP contribution in [0.3, 0.4) is 0 Å². The van der Waals surface area contributed by atoms with Gasteiger partial charge in [-0.1, -0.05) is 0 Å². The van der Waals surface area contributed by atoms with Crippen molar-refractivity contribution in [1.82, 2.24) is 0 Å². The number of hydrogen-bond acceptors (Lipinski definition) is 2. The van der Waals surface area contributed by atoms with Gasteiger partial charge in [0.05, 0.1) is 5.56 Å². The first-order valence-corrected chi connectivity index (χ1v) is 6.09. The van der Waals surface area contributed by atoms with Gasteiger partial charge in [-0.25, -0.2) is 0 Å². The molecule has 108 valence electrons. The zero-order valence-corrected chi connectivity index (χ0v) is 10.0. The van der Waals surface area contributed by atoms with Gasteiger partial charge in [0.15, 0.2) is 0 Å². The number of nitrogens with one attached hydrogen (secondary N) is 1. The molecule has 0 radical (unpaired) electrons. The van der Waals surface area contributed by atoms with Crippen LogP contribution in [0, 0.1) is 6.92 Å². The maximum Gasteiger partial charge on any atom is 0.516 e. The smallest absolute Gasteiger partial charge is 0.276 e. The molecule has 0 atom stereocenters.